The number of aromatic nitrogens is 1. The van der Waals surface area contributed by atoms with Gasteiger partial charge in [0.25, 0.3) is 10.0 Å². The van der Waals surface area contributed by atoms with Crippen LogP contribution in [0.5, 0.6) is 0 Å². The number of anilines is 2. The van der Waals surface area contributed by atoms with Gasteiger partial charge in [0.15, 0.2) is 0 Å². The van der Waals surface area contributed by atoms with Crippen LogP contribution >= 0.6 is 11.6 Å². The Morgan fingerprint density at radius 2 is 2.10 bits per heavy atom. The highest BCUT2D eigenvalue weighted by atomic mass is 35.5. The number of pyridine rings is 1. The molecule has 1 aromatic heterocycles. The molecule has 0 amide bonds. The Morgan fingerprint density at radius 3 is 2.75 bits per heavy atom. The molecule has 0 saturated carbocycles. The van der Waals surface area contributed by atoms with Gasteiger partial charge in [-0.15, -0.1) is 0 Å². The lowest BCUT2D eigenvalue weighted by Crippen LogP contribution is -2.15. The van der Waals surface area contributed by atoms with Crippen LogP contribution in [0.1, 0.15) is 5.56 Å². The van der Waals surface area contributed by atoms with Gasteiger partial charge in [0.05, 0.1) is 10.7 Å². The van der Waals surface area contributed by atoms with Crippen LogP contribution in [0, 0.1) is 12.7 Å². The lowest BCUT2D eigenvalue weighted by Gasteiger charge is -2.11. The van der Waals surface area contributed by atoms with Crippen molar-refractivity contribution in [2.24, 2.45) is 0 Å². The van der Waals surface area contributed by atoms with Crippen LogP contribution in [0.4, 0.5) is 15.9 Å². The first-order valence-electron chi connectivity index (χ1n) is 5.50. The van der Waals surface area contributed by atoms with Gasteiger partial charge in [-0.05, 0) is 30.7 Å². The number of benzene rings is 1. The van der Waals surface area contributed by atoms with Crippen molar-refractivity contribution in [3.05, 3.63) is 46.9 Å². The highest BCUT2D eigenvalue weighted by Gasteiger charge is 2.21. The molecule has 2 aromatic rings. The minimum absolute atomic E-state index is 0.173. The summed E-state index contributed by atoms with van der Waals surface area (Å²) in [5, 5.41) is -0.252. The van der Waals surface area contributed by atoms with E-state index in [9.17, 15) is 12.8 Å². The fraction of sp³-hybridized carbons (Fsp3) is 0.0833. The molecule has 5 nitrogen and oxygen atoms in total. The molecule has 8 heteroatoms. The van der Waals surface area contributed by atoms with Crippen LogP contribution in [0.2, 0.25) is 5.02 Å². The third-order valence-electron chi connectivity index (χ3n) is 2.58. The number of rotatable bonds is 3. The Labute approximate surface area is 120 Å². The number of nitrogens with two attached hydrogens (primary N) is 1. The summed E-state index contributed by atoms with van der Waals surface area (Å²) in [5.41, 5.74) is 5.71. The summed E-state index contributed by atoms with van der Waals surface area (Å²) in [7, 11) is -4.00. The molecule has 20 heavy (non-hydrogen) atoms. The van der Waals surface area contributed by atoms with E-state index in [0.29, 0.717) is 5.56 Å². The Balaban J connectivity index is 2.47. The number of halogens is 2. The summed E-state index contributed by atoms with van der Waals surface area (Å²) in [6, 6.07) is 5.20. The standard InChI is InChI=1S/C12H11ClFN3O2S/c1-7-3-2-4-16-12(7)17-20(18,19)11-6-10(15)9(14)5-8(11)13/h2-6H,15H2,1H3,(H,16,17). The van der Waals surface area contributed by atoms with E-state index in [1.807, 2.05) is 0 Å². The van der Waals surface area contributed by atoms with Crippen LogP contribution in [-0.4, -0.2) is 13.4 Å². The first-order chi connectivity index (χ1) is 9.31. The van der Waals surface area contributed by atoms with E-state index < -0.39 is 15.8 Å². The van der Waals surface area contributed by atoms with Crippen molar-refractivity contribution in [1.82, 2.24) is 4.98 Å². The van der Waals surface area contributed by atoms with Crippen LogP contribution < -0.4 is 10.5 Å². The fourth-order valence-corrected chi connectivity index (χ4v) is 3.16. The zero-order chi connectivity index (χ0) is 14.9. The molecule has 0 fully saturated rings. The van der Waals surface area contributed by atoms with Gasteiger partial charge in [0, 0.05) is 6.20 Å². The molecule has 0 unspecified atom stereocenters. The van der Waals surface area contributed by atoms with Gasteiger partial charge in [0.2, 0.25) is 0 Å². The van der Waals surface area contributed by atoms with E-state index in [-0.39, 0.29) is 21.4 Å². The first-order valence-corrected chi connectivity index (χ1v) is 7.36. The molecule has 0 aliphatic heterocycles. The quantitative estimate of drug-likeness (QED) is 0.852. The number of nitrogens with zero attached hydrogens (tertiary/aromatic N) is 1. The topological polar surface area (TPSA) is 85.1 Å². The van der Waals surface area contributed by atoms with Crippen LogP contribution in [-0.2, 0) is 10.0 Å². The van der Waals surface area contributed by atoms with E-state index >= 15 is 0 Å². The smallest absolute Gasteiger partial charge is 0.264 e. The van der Waals surface area contributed by atoms with Gasteiger partial charge >= 0.3 is 0 Å². The Bertz CT molecular complexity index is 765. The van der Waals surface area contributed by atoms with E-state index in [2.05, 4.69) is 9.71 Å². The molecule has 1 heterocycles. The maximum Gasteiger partial charge on any atom is 0.264 e. The van der Waals surface area contributed by atoms with Crippen molar-refractivity contribution in [3.8, 4) is 0 Å². The van der Waals surface area contributed by atoms with E-state index in [4.69, 9.17) is 17.3 Å². The molecule has 0 atom stereocenters. The summed E-state index contributed by atoms with van der Waals surface area (Å²) in [6.45, 7) is 1.70. The molecule has 0 spiro atoms. The Hall–Kier alpha value is -1.86. The highest BCUT2D eigenvalue weighted by Crippen LogP contribution is 2.28. The molecule has 2 rings (SSSR count). The summed E-state index contributed by atoms with van der Waals surface area (Å²) < 4.78 is 39.9. The minimum atomic E-state index is -4.00. The summed E-state index contributed by atoms with van der Waals surface area (Å²) in [4.78, 5) is 3.62. The molecule has 106 valence electrons. The van der Waals surface area contributed by atoms with Gasteiger partial charge in [-0.1, -0.05) is 17.7 Å². The molecule has 3 N–H and O–H groups in total. The number of hydrogen-bond acceptors (Lipinski definition) is 4. The lowest BCUT2D eigenvalue weighted by molar-refractivity contribution is 0.600. The maximum absolute atomic E-state index is 13.2. The fourth-order valence-electron chi connectivity index (χ4n) is 1.53. The molecule has 0 aliphatic rings. The third kappa shape index (κ3) is 2.83. The number of nitrogen functional groups attached to an aromatic ring is 1. The predicted molar refractivity (Wildman–Crippen MR) is 75.6 cm³/mol. The SMILES string of the molecule is Cc1cccnc1NS(=O)(=O)c1cc(N)c(F)cc1Cl. The van der Waals surface area contributed by atoms with Gasteiger partial charge < -0.3 is 5.73 Å². The van der Waals surface area contributed by atoms with Gasteiger partial charge in [-0.25, -0.2) is 17.8 Å². The van der Waals surface area contributed by atoms with Crippen LogP contribution in [0.3, 0.4) is 0 Å². The number of hydrogen-bond donors (Lipinski definition) is 2. The Morgan fingerprint density at radius 1 is 1.40 bits per heavy atom. The van der Waals surface area contributed by atoms with Gasteiger partial charge in [0.1, 0.15) is 16.5 Å². The predicted octanol–water partition coefficient (Wildman–Crippen LogP) is 2.57. The number of aryl methyl sites for hydroxylation is 1. The largest absolute Gasteiger partial charge is 0.396 e. The van der Waals surface area contributed by atoms with E-state index in [1.54, 1.807) is 19.1 Å². The number of nitrogens with one attached hydrogen (secondary N) is 1. The van der Waals surface area contributed by atoms with Crippen molar-refractivity contribution >= 4 is 33.1 Å². The monoisotopic (exact) mass is 315 g/mol. The summed E-state index contributed by atoms with van der Waals surface area (Å²) in [6.07, 6.45) is 1.45. The van der Waals surface area contributed by atoms with E-state index in [0.717, 1.165) is 12.1 Å². The molecule has 1 aromatic carbocycles. The molecule has 0 saturated heterocycles. The average Bonchev–Trinajstić information content (AvgIpc) is 2.36. The normalized spacial score (nSPS) is 11.3. The second kappa shape index (κ2) is 5.26. The van der Waals surface area contributed by atoms with E-state index in [1.165, 1.54) is 6.20 Å². The molecule has 0 radical (unpaired) electrons. The molecule has 0 bridgehead atoms. The maximum atomic E-state index is 13.2. The van der Waals surface area contributed by atoms with Crippen molar-refractivity contribution in [2.45, 2.75) is 11.8 Å². The highest BCUT2D eigenvalue weighted by molar-refractivity contribution is 7.92. The van der Waals surface area contributed by atoms with Crippen LogP contribution in [0.25, 0.3) is 0 Å². The summed E-state index contributed by atoms with van der Waals surface area (Å²) >= 11 is 5.76. The first kappa shape index (κ1) is 14.5. The molecule has 0 aliphatic carbocycles. The Kier molecular flexibility index (Phi) is 3.82. The van der Waals surface area contributed by atoms with Crippen LogP contribution in [0.15, 0.2) is 35.4 Å². The van der Waals surface area contributed by atoms with Crippen molar-refractivity contribution in [2.75, 3.05) is 10.5 Å². The van der Waals surface area contributed by atoms with Crippen molar-refractivity contribution < 1.29 is 12.8 Å². The zero-order valence-corrected chi connectivity index (χ0v) is 12.0. The second-order valence-electron chi connectivity index (χ2n) is 4.08. The zero-order valence-electron chi connectivity index (χ0n) is 10.4. The van der Waals surface area contributed by atoms with Crippen molar-refractivity contribution in [3.63, 3.8) is 0 Å². The van der Waals surface area contributed by atoms with Crippen molar-refractivity contribution in [1.29, 1.82) is 0 Å². The molecular weight excluding hydrogens is 305 g/mol. The average molecular weight is 316 g/mol. The molecular formula is C12H11ClFN3O2S. The second-order valence-corrected chi connectivity index (χ2v) is 6.14. The third-order valence-corrected chi connectivity index (χ3v) is 4.38. The summed E-state index contributed by atoms with van der Waals surface area (Å²) in [5.74, 6) is -0.602. The lowest BCUT2D eigenvalue weighted by atomic mass is 10.3. The minimum Gasteiger partial charge on any atom is -0.396 e. The van der Waals surface area contributed by atoms with Gasteiger partial charge in [-0.3, -0.25) is 4.72 Å². The van der Waals surface area contributed by atoms with Gasteiger partial charge in [-0.2, -0.15) is 0 Å². The number of sulfonamides is 1.